The average molecular weight is 553 g/mol. The fourth-order valence-electron chi connectivity index (χ4n) is 4.71. The van der Waals surface area contributed by atoms with Crippen molar-refractivity contribution >= 4 is 30.0 Å². The van der Waals surface area contributed by atoms with Gasteiger partial charge in [0.05, 0.1) is 5.41 Å². The maximum atomic E-state index is 13.5. The first-order valence-electron chi connectivity index (χ1n) is 12.4. The first-order valence-corrected chi connectivity index (χ1v) is 12.4. The monoisotopic (exact) mass is 553 g/mol. The van der Waals surface area contributed by atoms with Crippen molar-refractivity contribution in [2.24, 2.45) is 0 Å². The molecule has 9 heteroatoms. The van der Waals surface area contributed by atoms with Gasteiger partial charge in [-0.25, -0.2) is 8.78 Å². The van der Waals surface area contributed by atoms with Gasteiger partial charge in [-0.2, -0.15) is 4.58 Å². The lowest BCUT2D eigenvalue weighted by molar-refractivity contribution is -0.401. The zero-order valence-corrected chi connectivity index (χ0v) is 22.0. The summed E-state index contributed by atoms with van der Waals surface area (Å²) in [7, 11) is -3.92. The Kier molecular flexibility index (Phi) is 8.23. The number of hydrogen-bond acceptors (Lipinski definition) is 1. The van der Waals surface area contributed by atoms with E-state index in [1.165, 1.54) is 41.2 Å². The molecule has 2 aliphatic rings. The van der Waals surface area contributed by atoms with Gasteiger partial charge in [0.2, 0.25) is 5.69 Å². The van der Waals surface area contributed by atoms with Gasteiger partial charge in [0.25, 0.3) is 0 Å². The molecule has 0 amide bonds. The van der Waals surface area contributed by atoms with Crippen LogP contribution >= 0.6 is 0 Å². The molecule has 2 nitrogen and oxygen atoms in total. The molecular formula is C31H26BF6NO. The van der Waals surface area contributed by atoms with Gasteiger partial charge in [-0.15, -0.1) is 0 Å². The number of nitrogens with zero attached hydrogens (tertiary/aromatic N) is 1. The second-order valence-corrected chi connectivity index (χ2v) is 9.73. The molecule has 3 aromatic carbocycles. The summed E-state index contributed by atoms with van der Waals surface area (Å²) in [6, 6.07) is 21.0. The minimum absolute atomic E-state index is 0.123. The first kappa shape index (κ1) is 28.7. The van der Waals surface area contributed by atoms with Crippen LogP contribution in [0.3, 0.4) is 0 Å². The van der Waals surface area contributed by atoms with E-state index in [1.54, 1.807) is 24.3 Å². The lowest BCUT2D eigenvalue weighted by atomic mass is 9.81. The number of halogens is 6. The summed E-state index contributed by atoms with van der Waals surface area (Å²) in [5.41, 5.74) is 6.07. The summed E-state index contributed by atoms with van der Waals surface area (Å²) in [6.07, 6.45) is 9.83. The molecule has 0 saturated carbocycles. The topological polar surface area (TPSA) is 12.2 Å². The third kappa shape index (κ3) is 6.83. The van der Waals surface area contributed by atoms with Crippen LogP contribution in [-0.4, -0.2) is 24.6 Å². The lowest BCUT2D eigenvalue weighted by Crippen LogP contribution is -2.26. The van der Waals surface area contributed by atoms with Crippen LogP contribution in [0.4, 0.5) is 31.7 Å². The Bertz CT molecular complexity index is 1540. The van der Waals surface area contributed by atoms with E-state index >= 15 is 0 Å². The molecule has 0 bridgehead atoms. The molecule has 40 heavy (non-hydrogen) atoms. The first-order chi connectivity index (χ1) is 18.8. The standard InChI is InChI=1S/C31H26F2NO.BF4/c1-31(2)27-8-4-5-9-28(27)34(3)30(31)10-6-7-26-19-23(21-11-15-24(32)16-12-21)20-29(35-26)22-13-17-25(33)18-14-22;2-1(3,4)5/h4-20H,1-3H3;/q+1;-1/b10-6+,26-7+;. The highest BCUT2D eigenvalue weighted by atomic mass is 19.5. The van der Waals surface area contributed by atoms with Gasteiger partial charge in [-0.05, 0) is 79.6 Å². The Morgan fingerprint density at radius 1 is 0.775 bits per heavy atom. The highest BCUT2D eigenvalue weighted by Gasteiger charge is 2.42. The van der Waals surface area contributed by atoms with E-state index in [2.05, 4.69) is 55.8 Å². The molecule has 3 aromatic rings. The number of allylic oxidation sites excluding steroid dienone is 6. The summed E-state index contributed by atoms with van der Waals surface area (Å²) in [6.45, 7) is 4.45. The predicted molar refractivity (Wildman–Crippen MR) is 148 cm³/mol. The summed E-state index contributed by atoms with van der Waals surface area (Å²) in [5.74, 6) is 0.646. The summed E-state index contributed by atoms with van der Waals surface area (Å²) >= 11 is 0. The van der Waals surface area contributed by atoms with Crippen molar-refractivity contribution in [1.29, 1.82) is 0 Å². The quantitative estimate of drug-likeness (QED) is 0.179. The molecular weight excluding hydrogens is 527 g/mol. The minimum Gasteiger partial charge on any atom is -0.457 e. The van der Waals surface area contributed by atoms with Crippen LogP contribution in [0.2, 0.25) is 0 Å². The number of para-hydroxylation sites is 1. The zero-order valence-electron chi connectivity index (χ0n) is 22.0. The van der Waals surface area contributed by atoms with Crippen LogP contribution in [0.5, 0.6) is 0 Å². The van der Waals surface area contributed by atoms with E-state index in [4.69, 9.17) is 4.74 Å². The summed E-state index contributed by atoms with van der Waals surface area (Å²) in [4.78, 5) is 0. The molecule has 0 unspecified atom stereocenters. The van der Waals surface area contributed by atoms with Crippen LogP contribution < -0.4 is 0 Å². The highest BCUT2D eigenvalue weighted by Crippen LogP contribution is 2.39. The molecule has 0 saturated heterocycles. The number of benzene rings is 3. The Morgan fingerprint density at radius 3 is 1.90 bits per heavy atom. The average Bonchev–Trinajstić information content (AvgIpc) is 3.09. The number of ether oxygens (including phenoxy) is 1. The molecule has 5 rings (SSSR count). The van der Waals surface area contributed by atoms with Crippen LogP contribution in [-0.2, 0) is 10.2 Å². The van der Waals surface area contributed by atoms with Gasteiger partial charge in [0.1, 0.15) is 30.2 Å². The maximum Gasteiger partial charge on any atom is 0.673 e. The van der Waals surface area contributed by atoms with E-state index in [0.29, 0.717) is 11.5 Å². The smallest absolute Gasteiger partial charge is 0.457 e. The molecule has 0 aliphatic carbocycles. The van der Waals surface area contributed by atoms with Gasteiger partial charge < -0.3 is 22.0 Å². The molecule has 0 aromatic heterocycles. The van der Waals surface area contributed by atoms with E-state index in [0.717, 1.165) is 16.7 Å². The molecule has 0 fully saturated rings. The van der Waals surface area contributed by atoms with Crippen molar-refractivity contribution in [2.45, 2.75) is 19.3 Å². The van der Waals surface area contributed by atoms with E-state index < -0.39 is 7.25 Å². The zero-order chi connectivity index (χ0) is 29.1. The number of fused-ring (bicyclic) bond motifs is 1. The molecule has 0 N–H and O–H groups in total. The number of hydrogen-bond donors (Lipinski definition) is 0. The van der Waals surface area contributed by atoms with Crippen LogP contribution in [0.15, 0.2) is 109 Å². The van der Waals surface area contributed by atoms with Gasteiger partial charge in [0, 0.05) is 23.3 Å². The molecule has 2 aliphatic heterocycles. The van der Waals surface area contributed by atoms with Crippen LogP contribution in [0.1, 0.15) is 30.5 Å². The summed E-state index contributed by atoms with van der Waals surface area (Å²) < 4.78 is 74.4. The van der Waals surface area contributed by atoms with E-state index in [1.807, 2.05) is 24.3 Å². The van der Waals surface area contributed by atoms with Gasteiger partial charge in [-0.1, -0.05) is 36.4 Å². The van der Waals surface area contributed by atoms with Crippen molar-refractivity contribution < 1.29 is 35.4 Å². The molecule has 0 atom stereocenters. The summed E-state index contributed by atoms with van der Waals surface area (Å²) in [5, 5.41) is 0. The van der Waals surface area contributed by atoms with Gasteiger partial charge in [-0.3, -0.25) is 0 Å². The van der Waals surface area contributed by atoms with Gasteiger partial charge >= 0.3 is 7.25 Å². The van der Waals surface area contributed by atoms with E-state index in [9.17, 15) is 26.0 Å². The molecule has 0 spiro atoms. The Morgan fingerprint density at radius 2 is 1.32 bits per heavy atom. The third-order valence-corrected chi connectivity index (χ3v) is 6.57. The van der Waals surface area contributed by atoms with Crippen LogP contribution in [0.25, 0.3) is 11.3 Å². The fourth-order valence-corrected chi connectivity index (χ4v) is 4.71. The normalized spacial score (nSPS) is 17.2. The lowest BCUT2D eigenvalue weighted by Gasteiger charge is -2.18. The Labute approximate surface area is 229 Å². The maximum absolute atomic E-state index is 13.5. The minimum atomic E-state index is -6.00. The second-order valence-electron chi connectivity index (χ2n) is 9.73. The van der Waals surface area contributed by atoms with Crippen molar-refractivity contribution in [3.05, 3.63) is 137 Å². The predicted octanol–water partition coefficient (Wildman–Crippen LogP) is 8.87. The fraction of sp³-hybridized carbons (Fsp3) is 0.129. The number of rotatable bonds is 4. The molecule has 0 radical (unpaired) electrons. The second kappa shape index (κ2) is 11.5. The SMILES string of the molecule is C[N+]1=C(/C=C/C=C2\C=C(c3ccc(F)cc3)C=C(c3ccc(F)cc3)O2)C(C)(C)c2ccccc21.F[B-](F)(F)F. The molecule has 2 heterocycles. The third-order valence-electron chi connectivity index (χ3n) is 6.57. The molecule has 206 valence electrons. The van der Waals surface area contributed by atoms with Gasteiger partial charge in [0.15, 0.2) is 5.71 Å². The van der Waals surface area contributed by atoms with Crippen molar-refractivity contribution in [3.63, 3.8) is 0 Å². The van der Waals surface area contributed by atoms with E-state index in [-0.39, 0.29) is 17.0 Å². The van der Waals surface area contributed by atoms with Crippen molar-refractivity contribution in [2.75, 3.05) is 7.05 Å². The largest absolute Gasteiger partial charge is 0.673 e. The Hall–Kier alpha value is -4.27. The van der Waals surface area contributed by atoms with Crippen molar-refractivity contribution in [3.8, 4) is 0 Å². The Balaban J connectivity index is 0.000000681. The van der Waals surface area contributed by atoms with Crippen molar-refractivity contribution in [1.82, 2.24) is 0 Å². The van der Waals surface area contributed by atoms with Crippen LogP contribution in [0, 0.1) is 11.6 Å². The highest BCUT2D eigenvalue weighted by molar-refractivity contribution is 6.50.